The average molecular weight is 367 g/mol. The first-order valence-electron chi connectivity index (χ1n) is 6.97. The Kier molecular flexibility index (Phi) is 6.51. The Morgan fingerprint density at radius 1 is 1.17 bits per heavy atom. The predicted molar refractivity (Wildman–Crippen MR) is 98.7 cm³/mol. The molecular weight excluding hydrogens is 351 g/mol. The summed E-state index contributed by atoms with van der Waals surface area (Å²) in [6.07, 6.45) is 1.53. The summed E-state index contributed by atoms with van der Waals surface area (Å²) >= 11 is 13.3. The minimum Gasteiger partial charge on any atom is -0.272 e. The maximum atomic E-state index is 12.0. The van der Waals surface area contributed by atoms with Gasteiger partial charge in [0.1, 0.15) is 0 Å². The molecule has 0 heterocycles. The maximum absolute atomic E-state index is 12.0. The summed E-state index contributed by atoms with van der Waals surface area (Å²) in [5, 5.41) is 4.63. The van der Waals surface area contributed by atoms with E-state index >= 15 is 0 Å². The van der Waals surface area contributed by atoms with Crippen LogP contribution in [0.15, 0.2) is 52.5 Å². The molecule has 6 heteroatoms. The highest BCUT2D eigenvalue weighted by molar-refractivity contribution is 8.00. The molecule has 0 aliphatic carbocycles. The lowest BCUT2D eigenvalue weighted by Gasteiger charge is -2.09. The lowest BCUT2D eigenvalue weighted by atomic mass is 10.2. The molecule has 23 heavy (non-hydrogen) atoms. The van der Waals surface area contributed by atoms with Crippen molar-refractivity contribution in [3.05, 3.63) is 63.6 Å². The van der Waals surface area contributed by atoms with Crippen molar-refractivity contribution in [2.75, 3.05) is 0 Å². The first-order valence-corrected chi connectivity index (χ1v) is 8.60. The number of amides is 1. The molecule has 1 atom stereocenters. The fourth-order valence-electron chi connectivity index (χ4n) is 1.73. The van der Waals surface area contributed by atoms with E-state index in [-0.39, 0.29) is 11.2 Å². The number of carbonyl (C=O) groups excluding carboxylic acids is 1. The van der Waals surface area contributed by atoms with Crippen molar-refractivity contribution in [1.82, 2.24) is 5.43 Å². The molecule has 0 aromatic heterocycles. The third-order valence-electron chi connectivity index (χ3n) is 3.04. The summed E-state index contributed by atoms with van der Waals surface area (Å²) < 4.78 is 0. The van der Waals surface area contributed by atoms with Gasteiger partial charge in [-0.1, -0.05) is 47.0 Å². The van der Waals surface area contributed by atoms with Gasteiger partial charge < -0.3 is 0 Å². The van der Waals surface area contributed by atoms with Crippen molar-refractivity contribution in [3.63, 3.8) is 0 Å². The zero-order chi connectivity index (χ0) is 16.8. The summed E-state index contributed by atoms with van der Waals surface area (Å²) in [7, 11) is 0. The molecule has 0 aliphatic rings. The van der Waals surface area contributed by atoms with E-state index in [1.54, 1.807) is 18.2 Å². The number of thioether (sulfide) groups is 1. The van der Waals surface area contributed by atoms with Gasteiger partial charge in [0.25, 0.3) is 5.91 Å². The highest BCUT2D eigenvalue weighted by atomic mass is 35.5. The van der Waals surface area contributed by atoms with Gasteiger partial charge in [-0.05, 0) is 43.7 Å². The number of nitrogens with one attached hydrogen (secondary N) is 1. The Morgan fingerprint density at radius 3 is 2.52 bits per heavy atom. The second-order valence-electron chi connectivity index (χ2n) is 4.98. The molecule has 0 saturated carbocycles. The van der Waals surface area contributed by atoms with E-state index in [0.29, 0.717) is 10.0 Å². The molecule has 0 bridgehead atoms. The topological polar surface area (TPSA) is 41.5 Å². The van der Waals surface area contributed by atoms with Gasteiger partial charge >= 0.3 is 0 Å². The molecule has 1 N–H and O–H groups in total. The number of hydrazone groups is 1. The monoisotopic (exact) mass is 366 g/mol. The standard InChI is InChI=1S/C17H16Cl2N2OS/c1-11-3-6-14(7-4-11)23-12(2)17(22)21-20-10-13-5-8-15(18)16(19)9-13/h3-10,12H,1-2H3,(H,21,22)/b20-10-/t12-/m0/s1. The van der Waals surface area contributed by atoms with Crippen LogP contribution in [0.3, 0.4) is 0 Å². The second kappa shape index (κ2) is 8.39. The lowest BCUT2D eigenvalue weighted by molar-refractivity contribution is -0.120. The van der Waals surface area contributed by atoms with E-state index in [2.05, 4.69) is 10.5 Å². The zero-order valence-corrected chi connectivity index (χ0v) is 15.0. The van der Waals surface area contributed by atoms with Crippen molar-refractivity contribution < 1.29 is 4.79 Å². The van der Waals surface area contributed by atoms with Gasteiger partial charge in [-0.2, -0.15) is 5.10 Å². The summed E-state index contributed by atoms with van der Waals surface area (Å²) in [5.74, 6) is -0.160. The average Bonchev–Trinajstić information content (AvgIpc) is 2.53. The molecule has 0 aliphatic heterocycles. The third-order valence-corrected chi connectivity index (χ3v) is 4.89. The van der Waals surface area contributed by atoms with E-state index < -0.39 is 0 Å². The number of carbonyl (C=O) groups is 1. The fourth-order valence-corrected chi connectivity index (χ4v) is 2.90. The van der Waals surface area contributed by atoms with Crippen molar-refractivity contribution in [3.8, 4) is 0 Å². The number of benzene rings is 2. The summed E-state index contributed by atoms with van der Waals surface area (Å²) in [5.41, 5.74) is 4.49. The number of nitrogens with zero attached hydrogens (tertiary/aromatic N) is 1. The normalized spacial score (nSPS) is 12.3. The Bertz CT molecular complexity index is 717. The van der Waals surface area contributed by atoms with Crippen LogP contribution in [-0.4, -0.2) is 17.4 Å². The van der Waals surface area contributed by atoms with Gasteiger partial charge in [0.15, 0.2) is 0 Å². The Morgan fingerprint density at radius 2 is 1.87 bits per heavy atom. The van der Waals surface area contributed by atoms with Crippen molar-refractivity contribution in [1.29, 1.82) is 0 Å². The zero-order valence-electron chi connectivity index (χ0n) is 12.7. The van der Waals surface area contributed by atoms with Crippen LogP contribution in [0.1, 0.15) is 18.1 Å². The minimum absolute atomic E-state index is 0.160. The van der Waals surface area contributed by atoms with Crippen LogP contribution in [0.25, 0.3) is 0 Å². The van der Waals surface area contributed by atoms with Crippen LogP contribution in [0.4, 0.5) is 0 Å². The molecule has 1 amide bonds. The highest BCUT2D eigenvalue weighted by Gasteiger charge is 2.13. The lowest BCUT2D eigenvalue weighted by Crippen LogP contribution is -2.26. The van der Waals surface area contributed by atoms with E-state index in [1.807, 2.05) is 38.1 Å². The number of rotatable bonds is 5. The molecule has 2 aromatic carbocycles. The molecule has 0 unspecified atom stereocenters. The molecular formula is C17H16Cl2N2OS. The molecule has 0 spiro atoms. The quantitative estimate of drug-likeness (QED) is 0.462. The van der Waals surface area contributed by atoms with Gasteiger partial charge in [-0.3, -0.25) is 4.79 Å². The van der Waals surface area contributed by atoms with Crippen molar-refractivity contribution in [2.45, 2.75) is 24.0 Å². The van der Waals surface area contributed by atoms with Crippen LogP contribution >= 0.6 is 35.0 Å². The largest absolute Gasteiger partial charge is 0.272 e. The second-order valence-corrected chi connectivity index (χ2v) is 7.21. The number of hydrogen-bond donors (Lipinski definition) is 1. The van der Waals surface area contributed by atoms with E-state index in [4.69, 9.17) is 23.2 Å². The Hall–Kier alpha value is -1.49. The van der Waals surface area contributed by atoms with Gasteiger partial charge in [0.05, 0.1) is 21.5 Å². The van der Waals surface area contributed by atoms with Gasteiger partial charge in [0.2, 0.25) is 0 Å². The van der Waals surface area contributed by atoms with Crippen LogP contribution in [0.5, 0.6) is 0 Å². The van der Waals surface area contributed by atoms with E-state index in [9.17, 15) is 4.79 Å². The smallest absolute Gasteiger partial charge is 0.253 e. The first-order chi connectivity index (χ1) is 11.0. The molecule has 2 aromatic rings. The summed E-state index contributed by atoms with van der Waals surface area (Å²) in [6, 6.07) is 13.2. The van der Waals surface area contributed by atoms with Crippen molar-refractivity contribution in [2.24, 2.45) is 5.10 Å². The molecule has 0 fully saturated rings. The maximum Gasteiger partial charge on any atom is 0.253 e. The fraction of sp³-hybridized carbons (Fsp3) is 0.176. The van der Waals surface area contributed by atoms with Crippen LogP contribution in [0, 0.1) is 6.92 Å². The summed E-state index contributed by atoms with van der Waals surface area (Å²) in [6.45, 7) is 3.87. The predicted octanol–water partition coefficient (Wildman–Crippen LogP) is 4.93. The van der Waals surface area contributed by atoms with Crippen LogP contribution < -0.4 is 5.43 Å². The number of halogens is 2. The van der Waals surface area contributed by atoms with Crippen LogP contribution in [0.2, 0.25) is 10.0 Å². The number of hydrogen-bond acceptors (Lipinski definition) is 3. The molecule has 120 valence electrons. The third kappa shape index (κ3) is 5.57. The van der Waals surface area contributed by atoms with E-state index in [0.717, 1.165) is 10.5 Å². The highest BCUT2D eigenvalue weighted by Crippen LogP contribution is 2.23. The first kappa shape index (κ1) is 17.9. The van der Waals surface area contributed by atoms with Gasteiger partial charge in [-0.15, -0.1) is 11.8 Å². The van der Waals surface area contributed by atoms with Crippen molar-refractivity contribution >= 4 is 47.1 Å². The van der Waals surface area contributed by atoms with Gasteiger partial charge in [0, 0.05) is 4.90 Å². The minimum atomic E-state index is -0.247. The molecule has 0 saturated heterocycles. The molecule has 3 nitrogen and oxygen atoms in total. The van der Waals surface area contributed by atoms with Gasteiger partial charge in [-0.25, -0.2) is 5.43 Å². The Balaban J connectivity index is 1.89. The Labute approximate surface area is 150 Å². The SMILES string of the molecule is Cc1ccc(S[C@@H](C)C(=O)N/N=C\c2ccc(Cl)c(Cl)c2)cc1. The molecule has 2 rings (SSSR count). The number of aryl methyl sites for hydroxylation is 1. The summed E-state index contributed by atoms with van der Waals surface area (Å²) in [4.78, 5) is 13.1. The van der Waals surface area contributed by atoms with E-state index in [1.165, 1.54) is 23.5 Å². The van der Waals surface area contributed by atoms with Crippen LogP contribution in [-0.2, 0) is 4.79 Å². The molecule has 0 radical (unpaired) electrons.